The van der Waals surface area contributed by atoms with Gasteiger partial charge in [-0.25, -0.2) is 0 Å². The quantitative estimate of drug-likeness (QED) is 0.586. The first-order chi connectivity index (χ1) is 14.2. The van der Waals surface area contributed by atoms with Crippen molar-refractivity contribution in [3.63, 3.8) is 0 Å². The lowest BCUT2D eigenvalue weighted by Gasteiger charge is -2.30. The lowest BCUT2D eigenvalue weighted by Crippen LogP contribution is -2.42. The highest BCUT2D eigenvalue weighted by atomic mass is 32.2. The molecule has 1 aliphatic rings. The molecule has 0 aliphatic carbocycles. The summed E-state index contributed by atoms with van der Waals surface area (Å²) in [5.74, 6) is 0.929. The Morgan fingerprint density at radius 2 is 1.69 bits per heavy atom. The molecule has 0 radical (unpaired) electrons. The minimum atomic E-state index is -0.368. The number of carbonyl (C=O) groups excluding carboxylic acids is 1. The van der Waals surface area contributed by atoms with Crippen molar-refractivity contribution in [3.05, 3.63) is 77.6 Å². The molecule has 2 heterocycles. The van der Waals surface area contributed by atoms with Gasteiger partial charge in [-0.15, -0.1) is 10.2 Å². The summed E-state index contributed by atoms with van der Waals surface area (Å²) in [6.07, 6.45) is 0. The number of amides is 1. The summed E-state index contributed by atoms with van der Waals surface area (Å²) in [6, 6.07) is 20.1. The maximum Gasteiger partial charge on any atom is 0.240 e. The second kappa shape index (κ2) is 9.24. The average molecular weight is 409 g/mol. The van der Waals surface area contributed by atoms with Crippen molar-refractivity contribution >= 4 is 17.7 Å². The van der Waals surface area contributed by atoms with Crippen LogP contribution in [0.15, 0.2) is 65.8 Å². The van der Waals surface area contributed by atoms with Crippen LogP contribution in [0.2, 0.25) is 0 Å². The molecule has 29 heavy (non-hydrogen) atoms. The number of morpholine rings is 1. The van der Waals surface area contributed by atoms with Crippen LogP contribution < -0.4 is 0 Å². The number of hydrogen-bond acceptors (Lipinski definition) is 5. The fourth-order valence-corrected chi connectivity index (χ4v) is 4.51. The molecule has 1 aliphatic heterocycles. The van der Waals surface area contributed by atoms with Crippen LogP contribution in [-0.2, 0) is 16.1 Å². The summed E-state index contributed by atoms with van der Waals surface area (Å²) < 4.78 is 7.49. The van der Waals surface area contributed by atoms with Gasteiger partial charge in [0.25, 0.3) is 0 Å². The zero-order valence-corrected chi connectivity index (χ0v) is 17.2. The summed E-state index contributed by atoms with van der Waals surface area (Å²) in [6.45, 7) is 5.04. The maximum absolute atomic E-state index is 13.4. The van der Waals surface area contributed by atoms with Crippen LogP contribution in [0.3, 0.4) is 0 Å². The predicted octanol–water partition coefficient (Wildman–Crippen LogP) is 3.33. The van der Waals surface area contributed by atoms with E-state index in [1.807, 2.05) is 60.4 Å². The fraction of sp³-hybridized carbons (Fsp3) is 0.318. The number of hydrogen-bond donors (Lipinski definition) is 0. The molecule has 0 saturated carbocycles. The van der Waals surface area contributed by atoms with Crippen molar-refractivity contribution in [2.24, 2.45) is 0 Å². The van der Waals surface area contributed by atoms with Crippen LogP contribution in [0.5, 0.6) is 0 Å². The van der Waals surface area contributed by atoms with E-state index in [0.717, 1.165) is 16.5 Å². The van der Waals surface area contributed by atoms with Crippen LogP contribution in [0.1, 0.15) is 22.2 Å². The van der Waals surface area contributed by atoms with Gasteiger partial charge in [0, 0.05) is 13.1 Å². The number of carbonyl (C=O) groups is 1. The zero-order valence-electron chi connectivity index (χ0n) is 16.4. The number of aromatic nitrogens is 3. The molecule has 1 fully saturated rings. The van der Waals surface area contributed by atoms with Crippen LogP contribution in [0.4, 0.5) is 0 Å². The topological polar surface area (TPSA) is 60.3 Å². The van der Waals surface area contributed by atoms with Gasteiger partial charge in [-0.3, -0.25) is 4.79 Å². The third kappa shape index (κ3) is 4.68. The third-order valence-corrected chi connectivity index (χ3v) is 6.18. The van der Waals surface area contributed by atoms with E-state index in [2.05, 4.69) is 26.9 Å². The van der Waals surface area contributed by atoms with Crippen molar-refractivity contribution in [2.45, 2.75) is 23.9 Å². The Labute approximate surface area is 174 Å². The van der Waals surface area contributed by atoms with Crippen LogP contribution in [0.25, 0.3) is 0 Å². The van der Waals surface area contributed by atoms with Gasteiger partial charge in [0.05, 0.1) is 19.8 Å². The fourth-order valence-electron chi connectivity index (χ4n) is 3.34. The zero-order chi connectivity index (χ0) is 20.1. The Bertz CT molecular complexity index is 940. The molecule has 150 valence electrons. The van der Waals surface area contributed by atoms with E-state index in [4.69, 9.17) is 4.74 Å². The van der Waals surface area contributed by atoms with Crippen LogP contribution in [-0.4, -0.2) is 51.9 Å². The number of ether oxygens (including phenoxy) is 1. The van der Waals surface area contributed by atoms with E-state index in [9.17, 15) is 4.79 Å². The molecular weight excluding hydrogens is 384 g/mol. The molecule has 1 saturated heterocycles. The molecule has 3 aromatic rings. The minimum Gasteiger partial charge on any atom is -0.378 e. The molecule has 1 amide bonds. The summed E-state index contributed by atoms with van der Waals surface area (Å²) in [5.41, 5.74) is 2.15. The molecule has 0 unspecified atom stereocenters. The Hall–Kier alpha value is -2.64. The number of nitrogens with zero attached hydrogens (tertiary/aromatic N) is 4. The van der Waals surface area contributed by atoms with Gasteiger partial charge in [0.1, 0.15) is 11.1 Å². The molecule has 6 nitrogen and oxygen atoms in total. The highest BCUT2D eigenvalue weighted by molar-refractivity contribution is 8.00. The third-order valence-electron chi connectivity index (χ3n) is 4.96. The number of aryl methyl sites for hydroxylation is 1. The standard InChI is InChI=1S/C22H24N4O2S/c1-17-23-24-22(26(17)16-18-8-4-2-5-9-18)29-20(19-10-6-3-7-11-19)21(27)25-12-14-28-15-13-25/h2-11,20H,12-16H2,1H3/t20-/m0/s1. The van der Waals surface area contributed by atoms with Gasteiger partial charge in [0.15, 0.2) is 5.16 Å². The van der Waals surface area contributed by atoms with E-state index >= 15 is 0 Å². The highest BCUT2D eigenvalue weighted by Gasteiger charge is 2.30. The van der Waals surface area contributed by atoms with Gasteiger partial charge in [-0.2, -0.15) is 0 Å². The van der Waals surface area contributed by atoms with E-state index in [-0.39, 0.29) is 11.2 Å². The Balaban J connectivity index is 1.62. The summed E-state index contributed by atoms with van der Waals surface area (Å²) >= 11 is 1.47. The van der Waals surface area contributed by atoms with E-state index < -0.39 is 0 Å². The van der Waals surface area contributed by atoms with Gasteiger partial charge in [-0.05, 0) is 18.1 Å². The van der Waals surface area contributed by atoms with Gasteiger partial charge >= 0.3 is 0 Å². The van der Waals surface area contributed by atoms with Crippen molar-refractivity contribution in [3.8, 4) is 0 Å². The van der Waals surface area contributed by atoms with Gasteiger partial charge in [-0.1, -0.05) is 72.4 Å². The molecule has 1 aromatic heterocycles. The molecule has 0 bridgehead atoms. The van der Waals surface area contributed by atoms with Gasteiger partial charge in [0.2, 0.25) is 5.91 Å². The monoisotopic (exact) mass is 408 g/mol. The molecule has 7 heteroatoms. The second-order valence-corrected chi connectivity index (χ2v) is 8.02. The van der Waals surface area contributed by atoms with Crippen molar-refractivity contribution in [1.29, 1.82) is 0 Å². The summed E-state index contributed by atoms with van der Waals surface area (Å²) in [7, 11) is 0. The van der Waals surface area contributed by atoms with E-state index in [0.29, 0.717) is 32.8 Å². The first-order valence-corrected chi connectivity index (χ1v) is 10.6. The first kappa shape index (κ1) is 19.7. The lowest BCUT2D eigenvalue weighted by molar-refractivity contribution is -0.134. The molecule has 1 atom stereocenters. The molecule has 0 N–H and O–H groups in total. The van der Waals surface area contributed by atoms with Crippen LogP contribution >= 0.6 is 11.8 Å². The van der Waals surface area contributed by atoms with E-state index in [1.165, 1.54) is 17.3 Å². The largest absolute Gasteiger partial charge is 0.378 e. The Kier molecular flexibility index (Phi) is 6.27. The Morgan fingerprint density at radius 3 is 2.38 bits per heavy atom. The normalized spacial score (nSPS) is 15.3. The molecular formula is C22H24N4O2S. The molecule has 4 rings (SSSR count). The second-order valence-electron chi connectivity index (χ2n) is 6.95. The summed E-state index contributed by atoms with van der Waals surface area (Å²) in [5, 5.41) is 9.05. The Morgan fingerprint density at radius 1 is 1.03 bits per heavy atom. The van der Waals surface area contributed by atoms with Crippen molar-refractivity contribution in [2.75, 3.05) is 26.3 Å². The van der Waals surface area contributed by atoms with E-state index in [1.54, 1.807) is 0 Å². The molecule has 2 aromatic carbocycles. The lowest BCUT2D eigenvalue weighted by atomic mass is 10.1. The smallest absolute Gasteiger partial charge is 0.240 e. The number of rotatable bonds is 6. The summed E-state index contributed by atoms with van der Waals surface area (Å²) in [4.78, 5) is 15.3. The number of benzene rings is 2. The van der Waals surface area contributed by atoms with Gasteiger partial charge < -0.3 is 14.2 Å². The van der Waals surface area contributed by atoms with Crippen LogP contribution in [0, 0.1) is 6.92 Å². The average Bonchev–Trinajstić information content (AvgIpc) is 3.12. The first-order valence-electron chi connectivity index (χ1n) is 9.74. The van der Waals surface area contributed by atoms with Crippen molar-refractivity contribution in [1.82, 2.24) is 19.7 Å². The highest BCUT2D eigenvalue weighted by Crippen LogP contribution is 2.36. The van der Waals surface area contributed by atoms with Crippen molar-refractivity contribution < 1.29 is 9.53 Å². The maximum atomic E-state index is 13.4. The SMILES string of the molecule is Cc1nnc(S[C@H](C(=O)N2CCOCC2)c2ccccc2)n1Cc1ccccc1. The molecule has 0 spiro atoms. The minimum absolute atomic E-state index is 0.0939. The predicted molar refractivity (Wildman–Crippen MR) is 113 cm³/mol. The number of thioether (sulfide) groups is 1.